The van der Waals surface area contributed by atoms with E-state index >= 15 is 0 Å². The van der Waals surface area contributed by atoms with Gasteiger partial charge in [0, 0.05) is 13.2 Å². The Morgan fingerprint density at radius 2 is 2.08 bits per heavy atom. The molecule has 1 amide bonds. The highest BCUT2D eigenvalue weighted by Gasteiger charge is 2.40. The van der Waals surface area contributed by atoms with E-state index in [1.165, 1.54) is 0 Å². The number of nitrogens with zero attached hydrogens (tertiary/aromatic N) is 2. The molecule has 25 heavy (non-hydrogen) atoms. The van der Waals surface area contributed by atoms with Crippen LogP contribution in [0.5, 0.6) is 0 Å². The second-order valence-corrected chi connectivity index (χ2v) is 5.89. The van der Waals surface area contributed by atoms with Crippen molar-refractivity contribution in [3.05, 3.63) is 53.3 Å². The van der Waals surface area contributed by atoms with Crippen molar-refractivity contribution in [1.82, 2.24) is 15.1 Å². The molecule has 1 aromatic heterocycles. The molecular formula is C17H18F3N3O2. The zero-order valence-corrected chi connectivity index (χ0v) is 13.4. The minimum Gasteiger partial charge on any atom is -0.376 e. The van der Waals surface area contributed by atoms with Gasteiger partial charge in [0.1, 0.15) is 0 Å². The van der Waals surface area contributed by atoms with Crippen LogP contribution >= 0.6 is 0 Å². The van der Waals surface area contributed by atoms with Crippen LogP contribution in [0.2, 0.25) is 0 Å². The lowest BCUT2D eigenvalue weighted by Gasteiger charge is -2.14. The van der Waals surface area contributed by atoms with Crippen LogP contribution in [-0.2, 0) is 17.5 Å². The predicted molar refractivity (Wildman–Crippen MR) is 84.1 cm³/mol. The molecule has 1 atom stereocenters. The number of alkyl halides is 3. The Hall–Kier alpha value is -2.35. The van der Waals surface area contributed by atoms with E-state index in [2.05, 4.69) is 10.4 Å². The molecule has 2 heterocycles. The number of aromatic nitrogens is 2. The number of carbonyl (C=O) groups excluding carboxylic acids is 1. The second kappa shape index (κ2) is 7.26. The number of hydrogen-bond donors (Lipinski definition) is 1. The van der Waals surface area contributed by atoms with Gasteiger partial charge in [0.25, 0.3) is 5.91 Å². The normalized spacial score (nSPS) is 17.6. The average molecular weight is 353 g/mol. The van der Waals surface area contributed by atoms with E-state index in [-0.39, 0.29) is 19.2 Å². The fourth-order valence-corrected chi connectivity index (χ4v) is 2.83. The molecule has 134 valence electrons. The van der Waals surface area contributed by atoms with Gasteiger partial charge in [-0.2, -0.15) is 18.3 Å². The smallest absolute Gasteiger partial charge is 0.376 e. The van der Waals surface area contributed by atoms with Crippen LogP contribution in [0.1, 0.15) is 34.5 Å². The van der Waals surface area contributed by atoms with E-state index < -0.39 is 23.3 Å². The Labute approximate surface area is 142 Å². The second-order valence-electron chi connectivity index (χ2n) is 5.89. The third kappa shape index (κ3) is 4.19. The molecule has 0 aliphatic carbocycles. The monoisotopic (exact) mass is 353 g/mol. The lowest BCUT2D eigenvalue weighted by molar-refractivity contribution is -0.144. The van der Waals surface area contributed by atoms with Crippen molar-refractivity contribution < 1.29 is 22.7 Å². The van der Waals surface area contributed by atoms with Gasteiger partial charge in [0.2, 0.25) is 0 Å². The van der Waals surface area contributed by atoms with Crippen molar-refractivity contribution in [3.8, 4) is 0 Å². The quantitative estimate of drug-likeness (QED) is 0.899. The first-order valence-electron chi connectivity index (χ1n) is 8.02. The summed E-state index contributed by atoms with van der Waals surface area (Å²) in [5, 5.41) is 6.30. The summed E-state index contributed by atoms with van der Waals surface area (Å²) in [5.41, 5.74) is -0.843. The van der Waals surface area contributed by atoms with Gasteiger partial charge in [0.15, 0.2) is 5.69 Å². The Morgan fingerprint density at radius 1 is 1.32 bits per heavy atom. The maximum Gasteiger partial charge on any atom is 0.433 e. The molecule has 2 aromatic rings. The molecule has 1 aliphatic rings. The summed E-state index contributed by atoms with van der Waals surface area (Å²) in [5.74, 6) is -0.790. The summed E-state index contributed by atoms with van der Waals surface area (Å²) in [7, 11) is 0. The first-order chi connectivity index (χ1) is 11.9. The molecule has 3 rings (SSSR count). The van der Waals surface area contributed by atoms with Crippen LogP contribution in [0.15, 0.2) is 36.5 Å². The van der Waals surface area contributed by atoms with Gasteiger partial charge in [-0.05, 0) is 18.4 Å². The molecule has 0 bridgehead atoms. The summed E-state index contributed by atoms with van der Waals surface area (Å²) < 4.78 is 46.6. The third-order valence-corrected chi connectivity index (χ3v) is 4.04. The number of carbonyl (C=O) groups is 1. The number of hydrogen-bond acceptors (Lipinski definition) is 3. The zero-order valence-electron chi connectivity index (χ0n) is 13.4. The van der Waals surface area contributed by atoms with Crippen LogP contribution in [0.25, 0.3) is 0 Å². The van der Waals surface area contributed by atoms with Gasteiger partial charge >= 0.3 is 6.18 Å². The van der Waals surface area contributed by atoms with Crippen LogP contribution < -0.4 is 5.32 Å². The number of benzene rings is 1. The van der Waals surface area contributed by atoms with E-state index in [1.54, 1.807) is 30.3 Å². The maximum absolute atomic E-state index is 13.5. The summed E-state index contributed by atoms with van der Waals surface area (Å²) in [6.07, 6.45) is -2.17. The molecule has 1 aromatic carbocycles. The fourth-order valence-electron chi connectivity index (χ4n) is 2.83. The van der Waals surface area contributed by atoms with E-state index in [9.17, 15) is 18.0 Å². The maximum atomic E-state index is 13.5. The first-order valence-corrected chi connectivity index (χ1v) is 8.02. The van der Waals surface area contributed by atoms with Crippen LogP contribution in [0.3, 0.4) is 0 Å². The number of ether oxygens (including phenoxy) is 1. The summed E-state index contributed by atoms with van der Waals surface area (Å²) in [6.45, 7) is 0.748. The molecule has 0 radical (unpaired) electrons. The molecule has 1 N–H and O–H groups in total. The van der Waals surface area contributed by atoms with E-state index in [0.717, 1.165) is 23.7 Å². The third-order valence-electron chi connectivity index (χ3n) is 4.04. The summed E-state index contributed by atoms with van der Waals surface area (Å²) in [6, 6.07) is 8.67. The average Bonchev–Trinajstić information content (AvgIpc) is 3.22. The molecule has 8 heteroatoms. The molecule has 1 fully saturated rings. The predicted octanol–water partition coefficient (Wildman–Crippen LogP) is 2.86. The highest BCUT2D eigenvalue weighted by molar-refractivity contribution is 5.95. The minimum absolute atomic E-state index is 0.0608. The number of halogens is 3. The van der Waals surface area contributed by atoms with Gasteiger partial charge in [0.05, 0.1) is 24.4 Å². The fraction of sp³-hybridized carbons (Fsp3) is 0.412. The Bertz CT molecular complexity index is 722. The van der Waals surface area contributed by atoms with Crippen molar-refractivity contribution in [2.45, 2.75) is 31.7 Å². The summed E-state index contributed by atoms with van der Waals surface area (Å²) >= 11 is 0. The summed E-state index contributed by atoms with van der Waals surface area (Å²) in [4.78, 5) is 12.2. The molecule has 1 aliphatic heterocycles. The van der Waals surface area contributed by atoms with E-state index in [0.29, 0.717) is 12.2 Å². The standard InChI is InChI=1S/C17H18F3N3O2/c18-17(19,20)15-14(16(24)21-9-13-7-4-8-25-13)10-22-23(15)11-12-5-2-1-3-6-12/h1-3,5-6,10,13H,4,7-9,11H2,(H,21,24). The highest BCUT2D eigenvalue weighted by atomic mass is 19.4. The SMILES string of the molecule is O=C(NCC1CCCO1)c1cnn(Cc2ccccc2)c1C(F)(F)F. The van der Waals surface area contributed by atoms with Crippen LogP contribution in [-0.4, -0.2) is 34.9 Å². The molecule has 5 nitrogen and oxygen atoms in total. The van der Waals surface area contributed by atoms with Gasteiger partial charge in [-0.3, -0.25) is 9.48 Å². The largest absolute Gasteiger partial charge is 0.433 e. The highest BCUT2D eigenvalue weighted by Crippen LogP contribution is 2.32. The molecular weight excluding hydrogens is 335 g/mol. The van der Waals surface area contributed by atoms with Crippen molar-refractivity contribution in [1.29, 1.82) is 0 Å². The van der Waals surface area contributed by atoms with Crippen molar-refractivity contribution >= 4 is 5.91 Å². The van der Waals surface area contributed by atoms with Gasteiger partial charge in [-0.25, -0.2) is 0 Å². The van der Waals surface area contributed by atoms with Crippen molar-refractivity contribution in [2.75, 3.05) is 13.2 Å². The molecule has 0 saturated carbocycles. The van der Waals surface area contributed by atoms with Gasteiger partial charge < -0.3 is 10.1 Å². The number of amides is 1. The lowest BCUT2D eigenvalue weighted by Crippen LogP contribution is -2.33. The van der Waals surface area contributed by atoms with E-state index in [1.807, 2.05) is 0 Å². The van der Waals surface area contributed by atoms with Crippen LogP contribution in [0, 0.1) is 0 Å². The lowest BCUT2D eigenvalue weighted by atomic mass is 10.2. The van der Waals surface area contributed by atoms with Crippen molar-refractivity contribution in [3.63, 3.8) is 0 Å². The Morgan fingerprint density at radius 3 is 2.72 bits per heavy atom. The first kappa shape index (κ1) is 17.5. The molecule has 1 unspecified atom stereocenters. The molecule has 0 spiro atoms. The Kier molecular flexibility index (Phi) is 5.08. The minimum atomic E-state index is -4.68. The van der Waals surface area contributed by atoms with Gasteiger partial charge in [-0.15, -0.1) is 0 Å². The number of nitrogens with one attached hydrogen (secondary N) is 1. The van der Waals surface area contributed by atoms with Gasteiger partial charge in [-0.1, -0.05) is 30.3 Å². The topological polar surface area (TPSA) is 56.1 Å². The van der Waals surface area contributed by atoms with Crippen molar-refractivity contribution in [2.24, 2.45) is 0 Å². The number of rotatable bonds is 5. The Balaban J connectivity index is 1.80. The molecule has 1 saturated heterocycles. The zero-order chi connectivity index (χ0) is 17.9. The van der Waals surface area contributed by atoms with E-state index in [4.69, 9.17) is 4.74 Å². The van der Waals surface area contributed by atoms with Crippen LogP contribution in [0.4, 0.5) is 13.2 Å².